The molecule has 8 heteroatoms. The van der Waals surface area contributed by atoms with E-state index < -0.39 is 11.7 Å². The third kappa shape index (κ3) is 6.63. The Hall–Kier alpha value is -2.98. The van der Waals surface area contributed by atoms with Crippen molar-refractivity contribution in [3.8, 4) is 11.8 Å². The van der Waals surface area contributed by atoms with E-state index in [1.54, 1.807) is 24.3 Å². The van der Waals surface area contributed by atoms with Crippen molar-refractivity contribution in [1.82, 2.24) is 10.6 Å². The van der Waals surface area contributed by atoms with E-state index in [1.807, 2.05) is 0 Å². The first kappa shape index (κ1) is 21.3. The molecule has 28 heavy (non-hydrogen) atoms. The molecule has 0 spiro atoms. The largest absolute Gasteiger partial charge is 0.416 e. The zero-order valence-corrected chi connectivity index (χ0v) is 15.3. The molecule has 146 valence electrons. The first-order valence-electron chi connectivity index (χ1n) is 8.23. The van der Waals surface area contributed by atoms with Crippen LogP contribution in [0.15, 0.2) is 48.5 Å². The number of alkyl halides is 3. The molecule has 2 rings (SSSR count). The minimum absolute atomic E-state index is 0.0203. The third-order valence-electron chi connectivity index (χ3n) is 3.55. The number of rotatable bonds is 5. The Kier molecular flexibility index (Phi) is 7.47. The summed E-state index contributed by atoms with van der Waals surface area (Å²) >= 11 is 5.91. The fourth-order valence-electron chi connectivity index (χ4n) is 2.18. The van der Waals surface area contributed by atoms with Crippen molar-refractivity contribution >= 4 is 23.4 Å². The predicted octanol–water partition coefficient (Wildman–Crippen LogP) is 3.65. The third-order valence-corrected chi connectivity index (χ3v) is 3.88. The van der Waals surface area contributed by atoms with Crippen LogP contribution in [-0.2, 0) is 11.0 Å². The van der Waals surface area contributed by atoms with Crippen LogP contribution in [0.3, 0.4) is 0 Å². The molecule has 2 N–H and O–H groups in total. The first-order chi connectivity index (χ1) is 13.3. The van der Waals surface area contributed by atoms with E-state index >= 15 is 0 Å². The van der Waals surface area contributed by atoms with Gasteiger partial charge in [-0.05, 0) is 30.3 Å². The lowest BCUT2D eigenvalue weighted by Crippen LogP contribution is -2.31. The van der Waals surface area contributed by atoms with Gasteiger partial charge >= 0.3 is 6.18 Å². The van der Waals surface area contributed by atoms with Gasteiger partial charge in [0.05, 0.1) is 22.7 Å². The van der Waals surface area contributed by atoms with Crippen LogP contribution in [0.1, 0.15) is 27.9 Å². The van der Waals surface area contributed by atoms with E-state index in [9.17, 15) is 22.8 Å². The van der Waals surface area contributed by atoms with Crippen LogP contribution in [-0.4, -0.2) is 24.9 Å². The maximum Gasteiger partial charge on any atom is 0.416 e. The van der Waals surface area contributed by atoms with Crippen molar-refractivity contribution in [2.75, 3.05) is 13.1 Å². The first-order valence-corrected chi connectivity index (χ1v) is 8.61. The maximum atomic E-state index is 12.6. The second kappa shape index (κ2) is 9.81. The molecule has 2 aromatic rings. The normalized spacial score (nSPS) is 10.6. The quantitative estimate of drug-likeness (QED) is 0.742. The summed E-state index contributed by atoms with van der Waals surface area (Å²) in [7, 11) is 0. The summed E-state index contributed by atoms with van der Waals surface area (Å²) in [6.45, 7) is 0.0878. The summed E-state index contributed by atoms with van der Waals surface area (Å²) in [5, 5.41) is 5.41. The lowest BCUT2D eigenvalue weighted by atomic mass is 10.1. The highest BCUT2D eigenvalue weighted by atomic mass is 35.5. The molecule has 0 saturated carbocycles. The Morgan fingerprint density at radius 2 is 1.79 bits per heavy atom. The van der Waals surface area contributed by atoms with Gasteiger partial charge in [0.1, 0.15) is 0 Å². The molecule has 0 aliphatic heterocycles. The lowest BCUT2D eigenvalue weighted by molar-refractivity contribution is -0.137. The van der Waals surface area contributed by atoms with Gasteiger partial charge in [-0.25, -0.2) is 0 Å². The smallest absolute Gasteiger partial charge is 0.351 e. The Morgan fingerprint density at radius 3 is 2.50 bits per heavy atom. The van der Waals surface area contributed by atoms with E-state index in [0.29, 0.717) is 10.6 Å². The van der Waals surface area contributed by atoms with E-state index in [4.69, 9.17) is 11.6 Å². The van der Waals surface area contributed by atoms with Crippen molar-refractivity contribution in [3.63, 3.8) is 0 Å². The predicted molar refractivity (Wildman–Crippen MR) is 99.7 cm³/mol. The minimum Gasteiger partial charge on any atom is -0.351 e. The molecule has 0 fully saturated rings. The van der Waals surface area contributed by atoms with Crippen LogP contribution in [0.25, 0.3) is 0 Å². The highest BCUT2D eigenvalue weighted by Crippen LogP contribution is 2.29. The Balaban J connectivity index is 1.75. The molecule has 0 atom stereocenters. The number of carbonyl (C=O) groups is 2. The van der Waals surface area contributed by atoms with Crippen molar-refractivity contribution < 1.29 is 22.8 Å². The van der Waals surface area contributed by atoms with Crippen molar-refractivity contribution in [1.29, 1.82) is 0 Å². The van der Waals surface area contributed by atoms with E-state index in [1.165, 1.54) is 12.1 Å². The van der Waals surface area contributed by atoms with Crippen molar-refractivity contribution in [3.05, 3.63) is 70.2 Å². The molecule has 0 heterocycles. The number of carbonyl (C=O) groups excluding carboxylic acids is 2. The molecule has 2 aromatic carbocycles. The topological polar surface area (TPSA) is 58.2 Å². The molecule has 2 amide bonds. The van der Waals surface area contributed by atoms with Gasteiger partial charge in [0.25, 0.3) is 5.91 Å². The fraction of sp³-hybridized carbons (Fsp3) is 0.200. The minimum atomic E-state index is -4.43. The molecular weight excluding hydrogens is 393 g/mol. The van der Waals surface area contributed by atoms with Crippen molar-refractivity contribution in [2.24, 2.45) is 0 Å². The second-order valence-electron chi connectivity index (χ2n) is 5.64. The van der Waals surface area contributed by atoms with E-state index in [0.717, 1.165) is 12.1 Å². The van der Waals surface area contributed by atoms with Crippen LogP contribution in [0.2, 0.25) is 5.02 Å². The highest BCUT2D eigenvalue weighted by Gasteiger charge is 2.30. The zero-order valence-electron chi connectivity index (χ0n) is 14.6. The van der Waals surface area contributed by atoms with Gasteiger partial charge in [-0.2, -0.15) is 13.2 Å². The van der Waals surface area contributed by atoms with Crippen LogP contribution in [0.5, 0.6) is 0 Å². The van der Waals surface area contributed by atoms with Gasteiger partial charge < -0.3 is 10.6 Å². The van der Waals surface area contributed by atoms with Crippen LogP contribution >= 0.6 is 11.6 Å². The molecule has 0 aliphatic rings. The van der Waals surface area contributed by atoms with Crippen LogP contribution in [0, 0.1) is 11.8 Å². The van der Waals surface area contributed by atoms with E-state index in [-0.39, 0.29) is 36.9 Å². The molecular formula is C20H16ClF3N2O2. The fourth-order valence-corrected chi connectivity index (χ4v) is 2.40. The van der Waals surface area contributed by atoms with Gasteiger partial charge in [-0.15, -0.1) is 0 Å². The summed E-state index contributed by atoms with van der Waals surface area (Å²) in [6.07, 6.45) is -4.40. The molecule has 0 aromatic heterocycles. The summed E-state index contributed by atoms with van der Waals surface area (Å²) in [5.41, 5.74) is -0.259. The Labute approximate surface area is 165 Å². The maximum absolute atomic E-state index is 12.6. The second-order valence-corrected chi connectivity index (χ2v) is 6.05. The summed E-state index contributed by atoms with van der Waals surface area (Å²) in [4.78, 5) is 23.7. The van der Waals surface area contributed by atoms with Gasteiger partial charge in [0.2, 0.25) is 5.91 Å². The number of benzene rings is 2. The van der Waals surface area contributed by atoms with E-state index in [2.05, 4.69) is 22.5 Å². The standard InChI is InChI=1S/C20H16ClF3N2O2/c21-17-9-2-1-8-16(17)19(28)26-12-10-18(27)25-11-4-6-14-5-3-7-15(13-14)20(22,23)24/h1-3,5,7-9,13H,10-12H2,(H,25,27)(H,26,28). The van der Waals surface area contributed by atoms with Gasteiger partial charge in [0, 0.05) is 18.5 Å². The highest BCUT2D eigenvalue weighted by molar-refractivity contribution is 6.33. The number of nitrogens with one attached hydrogen (secondary N) is 2. The van der Waals surface area contributed by atoms with Crippen molar-refractivity contribution in [2.45, 2.75) is 12.6 Å². The monoisotopic (exact) mass is 408 g/mol. The Morgan fingerprint density at radius 1 is 1.04 bits per heavy atom. The summed E-state index contributed by atoms with van der Waals surface area (Å²) in [5.74, 6) is 4.42. The average Bonchev–Trinajstić information content (AvgIpc) is 2.65. The molecule has 0 radical (unpaired) electrons. The molecule has 4 nitrogen and oxygen atoms in total. The molecule has 0 aliphatic carbocycles. The Bertz CT molecular complexity index is 917. The molecule has 0 saturated heterocycles. The zero-order chi connectivity index (χ0) is 20.6. The van der Waals surface area contributed by atoms with Crippen LogP contribution < -0.4 is 10.6 Å². The van der Waals surface area contributed by atoms with Gasteiger partial charge in [0.15, 0.2) is 0 Å². The number of hydrogen-bond acceptors (Lipinski definition) is 2. The lowest BCUT2D eigenvalue weighted by Gasteiger charge is -2.06. The molecule has 0 bridgehead atoms. The summed E-state index contributed by atoms with van der Waals surface area (Å²) < 4.78 is 37.9. The molecule has 0 unspecified atom stereocenters. The average molecular weight is 409 g/mol. The van der Waals surface area contributed by atoms with Crippen LogP contribution in [0.4, 0.5) is 13.2 Å². The van der Waals surface area contributed by atoms with Gasteiger partial charge in [-0.1, -0.05) is 41.6 Å². The SMILES string of the molecule is O=C(CCNC(=O)c1ccccc1Cl)NCC#Cc1cccc(C(F)(F)F)c1. The number of halogens is 4. The summed E-state index contributed by atoms with van der Waals surface area (Å²) in [6, 6.07) is 11.2. The van der Waals surface area contributed by atoms with Gasteiger partial charge in [-0.3, -0.25) is 9.59 Å². The number of amides is 2. The number of hydrogen-bond donors (Lipinski definition) is 2.